The number of hydrogen-bond donors (Lipinski definition) is 3. The number of fused-ring (bicyclic) bond motifs is 1. The van der Waals surface area contributed by atoms with E-state index in [0.717, 1.165) is 12.1 Å². The second kappa shape index (κ2) is 10.2. The van der Waals surface area contributed by atoms with Gasteiger partial charge in [0.05, 0.1) is 24.2 Å². The number of piperazine rings is 1. The highest BCUT2D eigenvalue weighted by atomic mass is 35.5. The van der Waals surface area contributed by atoms with Crippen LogP contribution in [0.25, 0.3) is 0 Å². The third kappa shape index (κ3) is 5.24. The smallest absolute Gasteiger partial charge is 0.343 e. The number of nitrogens with one attached hydrogen (secondary N) is 3. The number of halogens is 6. The second-order valence-corrected chi connectivity index (χ2v) is 9.90. The predicted octanol–water partition coefficient (Wildman–Crippen LogP) is 4.82. The van der Waals surface area contributed by atoms with Gasteiger partial charge in [-0.2, -0.15) is 13.2 Å². The van der Waals surface area contributed by atoms with Gasteiger partial charge in [0.1, 0.15) is 11.6 Å². The third-order valence-electron chi connectivity index (χ3n) is 6.80. The summed E-state index contributed by atoms with van der Waals surface area (Å²) in [7, 11) is 1.60. The van der Waals surface area contributed by atoms with E-state index in [2.05, 4.69) is 16.0 Å². The average molecular weight is 579 g/mol. The van der Waals surface area contributed by atoms with Crippen LogP contribution in [0.3, 0.4) is 0 Å². The molecular weight excluding hydrogens is 559 g/mol. The Kier molecular flexibility index (Phi) is 7.01. The molecule has 13 heteroatoms. The fourth-order valence-corrected chi connectivity index (χ4v) is 5.04. The zero-order valence-electron chi connectivity index (χ0n) is 20.6. The number of alkyl halides is 3. The van der Waals surface area contributed by atoms with E-state index in [-0.39, 0.29) is 52.5 Å². The van der Waals surface area contributed by atoms with E-state index in [0.29, 0.717) is 17.7 Å². The summed E-state index contributed by atoms with van der Waals surface area (Å²) in [4.78, 5) is 39.7. The first kappa shape index (κ1) is 27.5. The number of rotatable bonds is 4. The Balaban J connectivity index is 1.62. The van der Waals surface area contributed by atoms with E-state index in [1.807, 2.05) is 0 Å². The molecule has 3 amide bonds. The standard InChI is InChI=1S/C27H20ClF5N4O3/c1-37-11-21(34-10-22(37)38)12-6-18-23(24(36-26(18)40)17-9-15(29)2-3-19(17)28)20(7-12)35-25(39)13-4-14(27(31,32)33)8-16(30)5-13/h2-9,21,24,34H,10-11H2,1H3,(H,35,39)(H,36,40). The van der Waals surface area contributed by atoms with Gasteiger partial charge in [-0.25, -0.2) is 8.78 Å². The molecule has 0 saturated carbocycles. The van der Waals surface area contributed by atoms with E-state index in [1.54, 1.807) is 13.1 Å². The minimum atomic E-state index is -4.90. The van der Waals surface area contributed by atoms with Crippen LogP contribution in [0.2, 0.25) is 5.02 Å². The lowest BCUT2D eigenvalue weighted by Gasteiger charge is -2.31. The Morgan fingerprint density at radius 2 is 1.80 bits per heavy atom. The molecule has 2 unspecified atom stereocenters. The van der Waals surface area contributed by atoms with E-state index >= 15 is 0 Å². The first-order valence-corrected chi connectivity index (χ1v) is 12.3. The predicted molar refractivity (Wildman–Crippen MR) is 135 cm³/mol. The Hall–Kier alpha value is -4.03. The zero-order chi connectivity index (χ0) is 28.9. The van der Waals surface area contributed by atoms with Crippen LogP contribution in [0.4, 0.5) is 27.6 Å². The minimum Gasteiger partial charge on any atom is -0.343 e. The summed E-state index contributed by atoms with van der Waals surface area (Å²) < 4.78 is 68.0. The monoisotopic (exact) mass is 578 g/mol. The molecule has 208 valence electrons. The third-order valence-corrected chi connectivity index (χ3v) is 7.14. The van der Waals surface area contributed by atoms with Crippen molar-refractivity contribution in [3.05, 3.63) is 98.6 Å². The molecule has 0 spiro atoms. The van der Waals surface area contributed by atoms with Crippen LogP contribution >= 0.6 is 11.6 Å². The number of benzene rings is 3. The molecule has 5 rings (SSSR count). The molecule has 0 bridgehead atoms. The molecule has 0 aromatic heterocycles. The maximum absolute atomic E-state index is 14.1. The Labute approximate surface area is 229 Å². The van der Waals surface area contributed by atoms with Crippen LogP contribution in [0, 0.1) is 11.6 Å². The lowest BCUT2D eigenvalue weighted by atomic mass is 9.92. The SMILES string of the molecule is CN1CC(c2cc(NC(=O)c3cc(F)cc(C(F)(F)F)c3)c3c(c2)C(=O)NC3c2cc(F)ccc2Cl)NCC1=O. The molecule has 3 aromatic carbocycles. The molecule has 3 N–H and O–H groups in total. The lowest BCUT2D eigenvalue weighted by molar-refractivity contribution is -0.137. The zero-order valence-corrected chi connectivity index (χ0v) is 21.4. The second-order valence-electron chi connectivity index (χ2n) is 9.49. The van der Waals surface area contributed by atoms with Crippen molar-refractivity contribution in [3.8, 4) is 0 Å². The molecule has 2 aliphatic heterocycles. The lowest BCUT2D eigenvalue weighted by Crippen LogP contribution is -2.47. The fraction of sp³-hybridized carbons (Fsp3) is 0.222. The number of likely N-dealkylation sites (N-methyl/N-ethyl adjacent to an activating group) is 1. The molecule has 0 radical (unpaired) electrons. The number of hydrogen-bond acceptors (Lipinski definition) is 4. The van der Waals surface area contributed by atoms with Crippen LogP contribution in [0.5, 0.6) is 0 Å². The fourth-order valence-electron chi connectivity index (χ4n) is 4.82. The summed E-state index contributed by atoms with van der Waals surface area (Å²) in [6, 6.07) is 6.56. The van der Waals surface area contributed by atoms with Gasteiger partial charge in [-0.3, -0.25) is 19.7 Å². The maximum atomic E-state index is 14.1. The van der Waals surface area contributed by atoms with Crippen LogP contribution in [0.1, 0.15) is 55.1 Å². The number of nitrogens with zero attached hydrogens (tertiary/aromatic N) is 1. The van der Waals surface area contributed by atoms with Gasteiger partial charge < -0.3 is 15.5 Å². The molecule has 2 heterocycles. The maximum Gasteiger partial charge on any atom is 0.416 e. The summed E-state index contributed by atoms with van der Waals surface area (Å²) in [6.07, 6.45) is -4.90. The molecule has 40 heavy (non-hydrogen) atoms. The molecule has 2 atom stereocenters. The van der Waals surface area contributed by atoms with Crippen LogP contribution in [-0.2, 0) is 11.0 Å². The van der Waals surface area contributed by atoms with Crippen molar-refractivity contribution in [2.24, 2.45) is 0 Å². The summed E-state index contributed by atoms with van der Waals surface area (Å²) >= 11 is 6.30. The van der Waals surface area contributed by atoms with Crippen molar-refractivity contribution in [2.45, 2.75) is 18.3 Å². The topological polar surface area (TPSA) is 90.5 Å². The van der Waals surface area contributed by atoms with Crippen molar-refractivity contribution >= 4 is 35.0 Å². The van der Waals surface area contributed by atoms with E-state index in [4.69, 9.17) is 11.6 Å². The molecule has 3 aromatic rings. The van der Waals surface area contributed by atoms with E-state index < -0.39 is 52.8 Å². The number of amides is 3. The highest BCUT2D eigenvalue weighted by molar-refractivity contribution is 6.31. The van der Waals surface area contributed by atoms with Crippen molar-refractivity contribution in [3.63, 3.8) is 0 Å². The number of carbonyl (C=O) groups excluding carboxylic acids is 3. The van der Waals surface area contributed by atoms with Gasteiger partial charge in [0.25, 0.3) is 11.8 Å². The van der Waals surface area contributed by atoms with Crippen LogP contribution in [0.15, 0.2) is 48.5 Å². The largest absolute Gasteiger partial charge is 0.416 e. The first-order valence-electron chi connectivity index (χ1n) is 11.9. The van der Waals surface area contributed by atoms with Crippen LogP contribution < -0.4 is 16.0 Å². The van der Waals surface area contributed by atoms with Crippen LogP contribution in [-0.4, -0.2) is 42.8 Å². The average Bonchev–Trinajstić information content (AvgIpc) is 3.22. The summed E-state index contributed by atoms with van der Waals surface area (Å²) in [6.45, 7) is 0.238. The quantitative estimate of drug-likeness (QED) is 0.387. The normalized spacial score (nSPS) is 18.9. The minimum absolute atomic E-state index is 0.0111. The molecule has 0 aliphatic carbocycles. The van der Waals surface area contributed by atoms with Crippen molar-refractivity contribution in [1.29, 1.82) is 0 Å². The molecule has 2 aliphatic rings. The van der Waals surface area contributed by atoms with Gasteiger partial charge >= 0.3 is 6.18 Å². The summed E-state index contributed by atoms with van der Waals surface area (Å²) in [5, 5.41) is 8.38. The van der Waals surface area contributed by atoms with Gasteiger partial charge in [-0.1, -0.05) is 11.6 Å². The molecule has 1 saturated heterocycles. The van der Waals surface area contributed by atoms with Gasteiger partial charge in [0.15, 0.2) is 0 Å². The first-order chi connectivity index (χ1) is 18.8. The highest BCUT2D eigenvalue weighted by Crippen LogP contribution is 2.41. The molecule has 7 nitrogen and oxygen atoms in total. The molecule has 1 fully saturated rings. The van der Waals surface area contributed by atoms with Crippen molar-refractivity contribution in [2.75, 3.05) is 25.5 Å². The Morgan fingerprint density at radius 3 is 2.50 bits per heavy atom. The summed E-state index contributed by atoms with van der Waals surface area (Å²) in [5.74, 6) is -3.70. The number of anilines is 1. The van der Waals surface area contributed by atoms with E-state index in [1.165, 1.54) is 17.0 Å². The van der Waals surface area contributed by atoms with Gasteiger partial charge in [-0.15, -0.1) is 0 Å². The molecular formula is C27H20ClF5N4O3. The van der Waals surface area contributed by atoms with Gasteiger partial charge in [0.2, 0.25) is 5.91 Å². The van der Waals surface area contributed by atoms with E-state index in [9.17, 15) is 36.3 Å². The van der Waals surface area contributed by atoms with Crippen molar-refractivity contribution in [1.82, 2.24) is 15.5 Å². The Morgan fingerprint density at radius 1 is 1.05 bits per heavy atom. The summed E-state index contributed by atoms with van der Waals surface area (Å²) in [5.41, 5.74) is -0.965. The van der Waals surface area contributed by atoms with Crippen molar-refractivity contribution < 1.29 is 36.3 Å². The Bertz CT molecular complexity index is 1560. The highest BCUT2D eigenvalue weighted by Gasteiger charge is 2.37. The van der Waals surface area contributed by atoms with Gasteiger partial charge in [-0.05, 0) is 54.1 Å². The number of carbonyl (C=O) groups is 3. The van der Waals surface area contributed by atoms with Gasteiger partial charge in [0, 0.05) is 46.6 Å².